The number of H-pyrrole nitrogens is 1. The van der Waals surface area contributed by atoms with Gasteiger partial charge in [-0.2, -0.15) is 0 Å². The minimum Gasteiger partial charge on any atom is -0.393 e. The lowest BCUT2D eigenvalue weighted by molar-refractivity contribution is 0.0264. The molecule has 1 aliphatic rings. The van der Waals surface area contributed by atoms with Gasteiger partial charge in [0.05, 0.1) is 6.10 Å². The molecule has 2 rings (SSSR count). The van der Waals surface area contributed by atoms with Gasteiger partial charge in [-0.25, -0.2) is 0 Å². The molecule has 98 valence electrons. The third kappa shape index (κ3) is 2.53. The van der Waals surface area contributed by atoms with Crippen LogP contribution in [0.2, 0.25) is 0 Å². The van der Waals surface area contributed by atoms with Crippen molar-refractivity contribution in [3.63, 3.8) is 0 Å². The quantitative estimate of drug-likeness (QED) is 0.700. The molecule has 0 aromatic carbocycles. The Balaban J connectivity index is 1.94. The molecule has 1 saturated carbocycles. The molecule has 4 N–H and O–H groups in total. The molecule has 1 fully saturated rings. The Bertz CT molecular complexity index is 463. The van der Waals surface area contributed by atoms with Crippen molar-refractivity contribution in [1.29, 1.82) is 0 Å². The van der Waals surface area contributed by atoms with Crippen LogP contribution in [0.3, 0.4) is 0 Å². The van der Waals surface area contributed by atoms with Crippen LogP contribution in [0.25, 0.3) is 0 Å². The van der Waals surface area contributed by atoms with Crippen molar-refractivity contribution in [2.24, 2.45) is 11.7 Å². The highest BCUT2D eigenvalue weighted by molar-refractivity contribution is 5.96. The molecule has 6 nitrogen and oxygen atoms in total. The maximum Gasteiger partial charge on any atom is 0.270 e. The van der Waals surface area contributed by atoms with Gasteiger partial charge in [-0.05, 0) is 30.9 Å². The molecule has 1 heterocycles. The maximum atomic E-state index is 12.0. The zero-order valence-corrected chi connectivity index (χ0v) is 10.2. The lowest BCUT2D eigenvalue weighted by Crippen LogP contribution is -2.39. The first-order valence-electron chi connectivity index (χ1n) is 5.89. The van der Waals surface area contributed by atoms with Crippen LogP contribution in [0.5, 0.6) is 0 Å². The zero-order valence-electron chi connectivity index (χ0n) is 10.2. The fourth-order valence-electron chi connectivity index (χ4n) is 2.19. The molecule has 1 aliphatic carbocycles. The van der Waals surface area contributed by atoms with E-state index in [1.165, 1.54) is 6.07 Å². The van der Waals surface area contributed by atoms with Gasteiger partial charge in [0.1, 0.15) is 11.4 Å². The number of aromatic nitrogens is 1. The Labute approximate surface area is 105 Å². The lowest BCUT2D eigenvalue weighted by Gasteiger charge is -2.34. The second-order valence-corrected chi connectivity index (χ2v) is 4.83. The standard InChI is InChI=1S/C12H17N3O3/c1-15(6-7-4-8(16)5-7)12(18)10-3-2-9(14-10)11(13)17/h2-3,7-8,14,16H,4-6H2,1H3,(H2,13,17). The van der Waals surface area contributed by atoms with Crippen molar-refractivity contribution in [3.8, 4) is 0 Å². The normalized spacial score (nSPS) is 22.3. The summed E-state index contributed by atoms with van der Waals surface area (Å²) in [5.74, 6) is -0.401. The van der Waals surface area contributed by atoms with E-state index < -0.39 is 5.91 Å². The number of carbonyl (C=O) groups is 2. The molecular weight excluding hydrogens is 234 g/mol. The fourth-order valence-corrected chi connectivity index (χ4v) is 2.19. The van der Waals surface area contributed by atoms with Gasteiger partial charge in [0, 0.05) is 13.6 Å². The number of hydrogen-bond donors (Lipinski definition) is 3. The third-order valence-electron chi connectivity index (χ3n) is 3.27. The van der Waals surface area contributed by atoms with Crippen LogP contribution in [0.1, 0.15) is 33.8 Å². The Morgan fingerprint density at radius 1 is 1.44 bits per heavy atom. The van der Waals surface area contributed by atoms with Gasteiger partial charge in [-0.3, -0.25) is 9.59 Å². The monoisotopic (exact) mass is 251 g/mol. The number of rotatable bonds is 4. The second-order valence-electron chi connectivity index (χ2n) is 4.83. The Morgan fingerprint density at radius 3 is 2.56 bits per heavy atom. The second kappa shape index (κ2) is 4.81. The molecule has 1 aromatic rings. The summed E-state index contributed by atoms with van der Waals surface area (Å²) in [5, 5.41) is 9.19. The molecule has 2 amide bonds. The number of aliphatic hydroxyl groups excluding tert-OH is 1. The first-order chi connectivity index (χ1) is 8.47. The molecule has 1 aromatic heterocycles. The van der Waals surface area contributed by atoms with Crippen molar-refractivity contribution < 1.29 is 14.7 Å². The summed E-state index contributed by atoms with van der Waals surface area (Å²) < 4.78 is 0. The van der Waals surface area contributed by atoms with Crippen LogP contribution < -0.4 is 5.73 Å². The number of nitrogens with two attached hydrogens (primary N) is 1. The Hall–Kier alpha value is -1.82. The summed E-state index contributed by atoms with van der Waals surface area (Å²) in [4.78, 5) is 27.2. The van der Waals surface area contributed by atoms with Gasteiger partial charge in [0.2, 0.25) is 0 Å². The van der Waals surface area contributed by atoms with Gasteiger partial charge in [0.25, 0.3) is 11.8 Å². The van der Waals surface area contributed by atoms with E-state index in [1.807, 2.05) is 0 Å². The number of nitrogens with zero attached hydrogens (tertiary/aromatic N) is 1. The number of aliphatic hydroxyl groups is 1. The summed E-state index contributed by atoms with van der Waals surface area (Å²) in [6, 6.07) is 3.05. The van der Waals surface area contributed by atoms with Gasteiger partial charge < -0.3 is 20.7 Å². The van der Waals surface area contributed by atoms with Crippen molar-refractivity contribution in [2.45, 2.75) is 18.9 Å². The number of carbonyl (C=O) groups excluding carboxylic acids is 2. The number of aromatic amines is 1. The van der Waals surface area contributed by atoms with Crippen LogP contribution in [-0.4, -0.2) is 46.5 Å². The van der Waals surface area contributed by atoms with E-state index in [2.05, 4.69) is 4.98 Å². The van der Waals surface area contributed by atoms with Crippen LogP contribution in [0.15, 0.2) is 12.1 Å². The minimum atomic E-state index is -0.584. The third-order valence-corrected chi connectivity index (χ3v) is 3.27. The summed E-state index contributed by atoms with van der Waals surface area (Å²) in [6.07, 6.45) is 1.27. The molecule has 0 radical (unpaired) electrons. The number of primary amides is 1. The van der Waals surface area contributed by atoms with E-state index in [0.717, 1.165) is 12.8 Å². The van der Waals surface area contributed by atoms with E-state index in [0.29, 0.717) is 18.2 Å². The van der Waals surface area contributed by atoms with Crippen LogP contribution in [0.4, 0.5) is 0 Å². The summed E-state index contributed by atoms with van der Waals surface area (Å²) in [7, 11) is 1.71. The molecule has 18 heavy (non-hydrogen) atoms. The molecule has 0 spiro atoms. The van der Waals surface area contributed by atoms with Gasteiger partial charge in [0.15, 0.2) is 0 Å². The first kappa shape index (κ1) is 12.6. The SMILES string of the molecule is CN(CC1CC(O)C1)C(=O)c1ccc(C(N)=O)[nH]1. The highest BCUT2D eigenvalue weighted by Crippen LogP contribution is 2.27. The number of nitrogens with one attached hydrogen (secondary N) is 1. The number of hydrogen-bond acceptors (Lipinski definition) is 3. The topological polar surface area (TPSA) is 99.4 Å². The van der Waals surface area contributed by atoms with E-state index >= 15 is 0 Å². The molecule has 0 aliphatic heterocycles. The predicted octanol–water partition coefficient (Wildman–Crippen LogP) is -0.0435. The van der Waals surface area contributed by atoms with E-state index in [9.17, 15) is 14.7 Å². The fraction of sp³-hybridized carbons (Fsp3) is 0.500. The number of amides is 2. The average Bonchev–Trinajstić information content (AvgIpc) is 2.75. The van der Waals surface area contributed by atoms with Gasteiger partial charge in [-0.15, -0.1) is 0 Å². The smallest absolute Gasteiger partial charge is 0.270 e. The van der Waals surface area contributed by atoms with E-state index in [-0.39, 0.29) is 17.7 Å². The largest absolute Gasteiger partial charge is 0.393 e. The van der Waals surface area contributed by atoms with Crippen molar-refractivity contribution in [3.05, 3.63) is 23.5 Å². The highest BCUT2D eigenvalue weighted by Gasteiger charge is 2.29. The first-order valence-corrected chi connectivity index (χ1v) is 5.89. The Kier molecular flexibility index (Phi) is 3.38. The van der Waals surface area contributed by atoms with Crippen LogP contribution in [0, 0.1) is 5.92 Å². The summed E-state index contributed by atoms with van der Waals surface area (Å²) >= 11 is 0. The minimum absolute atomic E-state index is 0.177. The van der Waals surface area contributed by atoms with Crippen molar-refractivity contribution >= 4 is 11.8 Å². The molecule has 0 unspecified atom stereocenters. The van der Waals surface area contributed by atoms with Gasteiger partial charge in [-0.1, -0.05) is 0 Å². The van der Waals surface area contributed by atoms with Crippen molar-refractivity contribution in [1.82, 2.24) is 9.88 Å². The molecule has 0 bridgehead atoms. The molecule has 0 saturated heterocycles. The van der Waals surface area contributed by atoms with Gasteiger partial charge >= 0.3 is 0 Å². The predicted molar refractivity (Wildman–Crippen MR) is 65.0 cm³/mol. The summed E-state index contributed by atoms with van der Waals surface area (Å²) in [6.45, 7) is 0.612. The molecular formula is C12H17N3O3. The van der Waals surface area contributed by atoms with Crippen molar-refractivity contribution in [2.75, 3.05) is 13.6 Å². The maximum absolute atomic E-state index is 12.0. The van der Waals surface area contributed by atoms with E-state index in [4.69, 9.17) is 5.73 Å². The molecule has 0 atom stereocenters. The van der Waals surface area contributed by atoms with E-state index in [1.54, 1.807) is 18.0 Å². The average molecular weight is 251 g/mol. The zero-order chi connectivity index (χ0) is 13.3. The highest BCUT2D eigenvalue weighted by atomic mass is 16.3. The lowest BCUT2D eigenvalue weighted by atomic mass is 9.82. The molecule has 6 heteroatoms. The summed E-state index contributed by atoms with van der Waals surface area (Å²) in [5.41, 5.74) is 5.69. The van der Waals surface area contributed by atoms with Crippen LogP contribution in [-0.2, 0) is 0 Å². The van der Waals surface area contributed by atoms with Crippen LogP contribution >= 0.6 is 0 Å². The Morgan fingerprint density at radius 2 is 2.06 bits per heavy atom.